The summed E-state index contributed by atoms with van der Waals surface area (Å²) in [5.41, 5.74) is 2.96. The molecule has 6 heteroatoms. The fraction of sp³-hybridized carbons (Fsp3) is 0.167. The van der Waals surface area contributed by atoms with Gasteiger partial charge in [-0.05, 0) is 36.2 Å². The van der Waals surface area contributed by atoms with Crippen LogP contribution in [0.25, 0.3) is 10.9 Å². The quantitative estimate of drug-likeness (QED) is 0.673. The van der Waals surface area contributed by atoms with Crippen LogP contribution in [0.4, 0.5) is 0 Å². The fourth-order valence-corrected chi connectivity index (χ4v) is 2.65. The van der Waals surface area contributed by atoms with Crippen molar-refractivity contribution in [2.75, 3.05) is 0 Å². The Morgan fingerprint density at radius 3 is 2.79 bits per heavy atom. The summed E-state index contributed by atoms with van der Waals surface area (Å²) in [4.78, 5) is 30.5. The van der Waals surface area contributed by atoms with E-state index in [9.17, 15) is 14.7 Å². The Hall–Kier alpha value is -3.15. The average molecular weight is 323 g/mol. The molecule has 3 rings (SSSR count). The first-order chi connectivity index (χ1) is 11.6. The number of carbonyl (C=O) groups is 2. The van der Waals surface area contributed by atoms with E-state index in [1.807, 2.05) is 25.1 Å². The van der Waals surface area contributed by atoms with E-state index in [4.69, 9.17) is 0 Å². The van der Waals surface area contributed by atoms with E-state index in [2.05, 4.69) is 15.3 Å². The van der Waals surface area contributed by atoms with Gasteiger partial charge in [-0.3, -0.25) is 9.78 Å². The molecule has 1 amide bonds. The highest BCUT2D eigenvalue weighted by Gasteiger charge is 2.18. The normalized spacial score (nSPS) is 10.7. The Morgan fingerprint density at radius 1 is 1.29 bits per heavy atom. The first-order valence-corrected chi connectivity index (χ1v) is 7.65. The molecule has 0 radical (unpaired) electrons. The molecule has 0 aliphatic rings. The third-order valence-corrected chi connectivity index (χ3v) is 3.94. The van der Waals surface area contributed by atoms with Crippen LogP contribution in [0.3, 0.4) is 0 Å². The minimum atomic E-state index is -1.05. The maximum Gasteiger partial charge on any atom is 0.352 e. The van der Waals surface area contributed by atoms with Gasteiger partial charge in [0.05, 0.1) is 5.56 Å². The van der Waals surface area contributed by atoms with E-state index in [-0.39, 0.29) is 18.1 Å². The third kappa shape index (κ3) is 2.99. The molecular weight excluding hydrogens is 306 g/mol. The van der Waals surface area contributed by atoms with Gasteiger partial charge in [0.25, 0.3) is 5.91 Å². The van der Waals surface area contributed by atoms with Crippen LogP contribution in [-0.2, 0) is 13.0 Å². The molecule has 1 aromatic carbocycles. The lowest BCUT2D eigenvalue weighted by Gasteiger charge is -2.06. The Morgan fingerprint density at radius 2 is 2.12 bits per heavy atom. The summed E-state index contributed by atoms with van der Waals surface area (Å²) in [6.07, 6.45) is 3.91. The highest BCUT2D eigenvalue weighted by Crippen LogP contribution is 2.24. The van der Waals surface area contributed by atoms with Crippen molar-refractivity contribution >= 4 is 22.8 Å². The zero-order valence-corrected chi connectivity index (χ0v) is 13.2. The third-order valence-electron chi connectivity index (χ3n) is 3.94. The minimum absolute atomic E-state index is 0.102. The molecule has 3 N–H and O–H groups in total. The van der Waals surface area contributed by atoms with Crippen molar-refractivity contribution in [2.24, 2.45) is 0 Å². The number of amides is 1. The fourth-order valence-electron chi connectivity index (χ4n) is 2.65. The van der Waals surface area contributed by atoms with Crippen LogP contribution < -0.4 is 5.32 Å². The molecule has 0 atom stereocenters. The van der Waals surface area contributed by atoms with Crippen molar-refractivity contribution in [3.05, 3.63) is 65.1 Å². The Labute approximate surface area is 138 Å². The lowest BCUT2D eigenvalue weighted by atomic mass is 10.1. The SMILES string of the molecule is CCc1ccc2[nH]c(C(=O)O)c(CNC(=O)c3cccnc3)c2c1. The highest BCUT2D eigenvalue weighted by atomic mass is 16.4. The van der Waals surface area contributed by atoms with Crippen LogP contribution in [0, 0.1) is 0 Å². The molecule has 6 nitrogen and oxygen atoms in total. The second kappa shape index (κ2) is 6.54. The number of fused-ring (bicyclic) bond motifs is 1. The van der Waals surface area contributed by atoms with Gasteiger partial charge in [0.1, 0.15) is 5.69 Å². The number of pyridine rings is 1. The maximum absolute atomic E-state index is 12.2. The summed E-state index contributed by atoms with van der Waals surface area (Å²) >= 11 is 0. The summed E-state index contributed by atoms with van der Waals surface area (Å²) in [7, 11) is 0. The van der Waals surface area contributed by atoms with Gasteiger partial charge < -0.3 is 15.4 Å². The number of benzene rings is 1. The zero-order valence-electron chi connectivity index (χ0n) is 13.2. The molecule has 3 aromatic rings. The summed E-state index contributed by atoms with van der Waals surface area (Å²) in [6, 6.07) is 9.13. The standard InChI is InChI=1S/C18H17N3O3/c1-2-11-5-6-15-13(8-11)14(16(21-15)18(23)24)10-20-17(22)12-4-3-7-19-9-12/h3-9,21H,2,10H2,1H3,(H,20,22)(H,23,24). The number of H-pyrrole nitrogens is 1. The van der Waals surface area contributed by atoms with Crippen LogP contribution >= 0.6 is 0 Å². The van der Waals surface area contributed by atoms with E-state index >= 15 is 0 Å². The number of aromatic amines is 1. The van der Waals surface area contributed by atoms with E-state index in [1.54, 1.807) is 18.3 Å². The molecule has 0 spiro atoms. The molecule has 0 saturated heterocycles. The molecule has 2 aromatic heterocycles. The van der Waals surface area contributed by atoms with Gasteiger partial charge in [0, 0.05) is 35.4 Å². The maximum atomic E-state index is 12.2. The van der Waals surface area contributed by atoms with Gasteiger partial charge in [-0.25, -0.2) is 4.79 Å². The van der Waals surface area contributed by atoms with Gasteiger partial charge in [-0.15, -0.1) is 0 Å². The van der Waals surface area contributed by atoms with Crippen LogP contribution in [-0.4, -0.2) is 27.0 Å². The summed E-state index contributed by atoms with van der Waals surface area (Å²) in [6.45, 7) is 2.16. The smallest absolute Gasteiger partial charge is 0.352 e. The monoisotopic (exact) mass is 323 g/mol. The van der Waals surface area contributed by atoms with Crippen LogP contribution in [0.5, 0.6) is 0 Å². The average Bonchev–Trinajstić information content (AvgIpc) is 2.98. The molecular formula is C18H17N3O3. The van der Waals surface area contributed by atoms with Crippen LogP contribution in [0.1, 0.15) is 38.9 Å². The number of carboxylic acids is 1. The zero-order chi connectivity index (χ0) is 17.1. The lowest BCUT2D eigenvalue weighted by molar-refractivity contribution is 0.0689. The van der Waals surface area contributed by atoms with Crippen molar-refractivity contribution in [1.29, 1.82) is 0 Å². The number of aryl methyl sites for hydroxylation is 1. The van der Waals surface area contributed by atoms with Gasteiger partial charge in [0.2, 0.25) is 0 Å². The molecule has 0 saturated carbocycles. The molecule has 0 bridgehead atoms. The van der Waals surface area contributed by atoms with Gasteiger partial charge >= 0.3 is 5.97 Å². The molecule has 0 fully saturated rings. The predicted molar refractivity (Wildman–Crippen MR) is 90.0 cm³/mol. The number of aromatic carboxylic acids is 1. The van der Waals surface area contributed by atoms with Gasteiger partial charge in [-0.1, -0.05) is 13.0 Å². The number of carboxylic acid groups (broad SMARTS) is 1. The van der Waals surface area contributed by atoms with E-state index < -0.39 is 5.97 Å². The van der Waals surface area contributed by atoms with E-state index in [0.29, 0.717) is 11.1 Å². The van der Waals surface area contributed by atoms with Crippen molar-refractivity contribution in [3.63, 3.8) is 0 Å². The van der Waals surface area contributed by atoms with Crippen molar-refractivity contribution in [2.45, 2.75) is 19.9 Å². The largest absolute Gasteiger partial charge is 0.477 e. The molecule has 122 valence electrons. The minimum Gasteiger partial charge on any atom is -0.477 e. The number of nitrogens with one attached hydrogen (secondary N) is 2. The molecule has 2 heterocycles. The molecule has 0 aliphatic heterocycles. The highest BCUT2D eigenvalue weighted by molar-refractivity contribution is 5.98. The second-order valence-electron chi connectivity index (χ2n) is 5.44. The van der Waals surface area contributed by atoms with Crippen molar-refractivity contribution < 1.29 is 14.7 Å². The number of nitrogens with zero attached hydrogens (tertiary/aromatic N) is 1. The summed E-state index contributed by atoms with van der Waals surface area (Å²) < 4.78 is 0. The predicted octanol–water partition coefficient (Wildman–Crippen LogP) is 2.75. The van der Waals surface area contributed by atoms with Crippen LogP contribution in [0.2, 0.25) is 0 Å². The Bertz CT molecular complexity index is 901. The summed E-state index contributed by atoms with van der Waals surface area (Å²) in [5, 5.41) is 13.0. The topological polar surface area (TPSA) is 95.1 Å². The van der Waals surface area contributed by atoms with Crippen molar-refractivity contribution in [3.8, 4) is 0 Å². The number of hydrogen-bond donors (Lipinski definition) is 3. The molecule has 0 aliphatic carbocycles. The number of carbonyl (C=O) groups excluding carboxylic acids is 1. The van der Waals surface area contributed by atoms with Crippen LogP contribution in [0.15, 0.2) is 42.7 Å². The number of rotatable bonds is 5. The summed E-state index contributed by atoms with van der Waals surface area (Å²) in [5.74, 6) is -1.34. The second-order valence-corrected chi connectivity index (χ2v) is 5.44. The lowest BCUT2D eigenvalue weighted by Crippen LogP contribution is -2.23. The first kappa shape index (κ1) is 15.7. The first-order valence-electron chi connectivity index (χ1n) is 7.65. The van der Waals surface area contributed by atoms with Gasteiger partial charge in [-0.2, -0.15) is 0 Å². The molecule has 24 heavy (non-hydrogen) atoms. The Balaban J connectivity index is 1.93. The molecule has 0 unspecified atom stereocenters. The number of aromatic nitrogens is 2. The number of hydrogen-bond acceptors (Lipinski definition) is 3. The van der Waals surface area contributed by atoms with Gasteiger partial charge in [0.15, 0.2) is 0 Å². The van der Waals surface area contributed by atoms with E-state index in [1.165, 1.54) is 6.20 Å². The Kier molecular flexibility index (Phi) is 4.29. The van der Waals surface area contributed by atoms with E-state index in [0.717, 1.165) is 22.9 Å². The van der Waals surface area contributed by atoms with Crippen molar-refractivity contribution in [1.82, 2.24) is 15.3 Å².